The quantitative estimate of drug-likeness (QED) is 0.753. The minimum atomic E-state index is -0.798. The second-order valence-electron chi connectivity index (χ2n) is 3.82. The van der Waals surface area contributed by atoms with Crippen molar-refractivity contribution in [2.24, 2.45) is 0 Å². The van der Waals surface area contributed by atoms with E-state index >= 15 is 0 Å². The largest absolute Gasteiger partial charge is 0.481 e. The fraction of sp³-hybridized carbons (Fsp3) is 0.364. The van der Waals surface area contributed by atoms with Crippen LogP contribution in [-0.4, -0.2) is 27.0 Å². The Morgan fingerprint density at radius 1 is 1.56 bits per heavy atom. The van der Waals surface area contributed by atoms with Gasteiger partial charge in [-0.05, 0) is 13.0 Å². The van der Waals surface area contributed by atoms with E-state index in [9.17, 15) is 9.59 Å². The Morgan fingerprint density at radius 3 is 3.17 bits per heavy atom. The first-order chi connectivity index (χ1) is 8.66. The summed E-state index contributed by atoms with van der Waals surface area (Å²) in [5.74, 6) is -0.798. The molecular weight excluding hydrogens is 254 g/mol. The van der Waals surface area contributed by atoms with Gasteiger partial charge in [0.1, 0.15) is 0 Å². The molecule has 0 bridgehead atoms. The number of hydrogen-bond donors (Lipinski definition) is 2. The summed E-state index contributed by atoms with van der Waals surface area (Å²) in [5.41, 5.74) is 0.585. The summed E-state index contributed by atoms with van der Waals surface area (Å²) in [6, 6.07) is 1.49. The standard InChI is InChI=1S/C11H13N3O3S/c15-9-6-8(7-12-3-1-2-10(16)17)13-11-14(9)4-5-18-11/h4-6,12H,1-3,7H2,(H,16,17). The van der Waals surface area contributed by atoms with Crippen molar-refractivity contribution in [3.8, 4) is 0 Å². The van der Waals surface area contributed by atoms with Gasteiger partial charge < -0.3 is 10.4 Å². The Hall–Kier alpha value is -1.73. The van der Waals surface area contributed by atoms with E-state index in [1.54, 1.807) is 6.20 Å². The lowest BCUT2D eigenvalue weighted by Gasteiger charge is -2.03. The van der Waals surface area contributed by atoms with Crippen LogP contribution >= 0.6 is 11.3 Å². The van der Waals surface area contributed by atoms with Gasteiger partial charge in [0.2, 0.25) is 0 Å². The normalized spacial score (nSPS) is 10.9. The SMILES string of the molecule is O=C(O)CCCNCc1cc(=O)n2ccsc2n1. The monoisotopic (exact) mass is 267 g/mol. The molecule has 0 aliphatic rings. The summed E-state index contributed by atoms with van der Waals surface area (Å²) in [4.78, 5) is 27.0. The van der Waals surface area contributed by atoms with Crippen molar-refractivity contribution in [1.82, 2.24) is 14.7 Å². The number of aromatic nitrogens is 2. The van der Waals surface area contributed by atoms with Crippen molar-refractivity contribution < 1.29 is 9.90 Å². The van der Waals surface area contributed by atoms with Crippen LogP contribution < -0.4 is 10.9 Å². The van der Waals surface area contributed by atoms with E-state index in [2.05, 4.69) is 10.3 Å². The zero-order valence-corrected chi connectivity index (χ0v) is 10.4. The molecule has 2 aromatic heterocycles. The zero-order chi connectivity index (χ0) is 13.0. The Labute approximate surface area is 107 Å². The highest BCUT2D eigenvalue weighted by Gasteiger charge is 2.03. The average molecular weight is 267 g/mol. The van der Waals surface area contributed by atoms with Crippen LogP contribution in [0, 0.1) is 0 Å². The van der Waals surface area contributed by atoms with E-state index in [-0.39, 0.29) is 12.0 Å². The zero-order valence-electron chi connectivity index (χ0n) is 9.63. The van der Waals surface area contributed by atoms with Gasteiger partial charge in [-0.3, -0.25) is 14.0 Å². The number of nitrogens with zero attached hydrogens (tertiary/aromatic N) is 2. The van der Waals surface area contributed by atoms with Crippen LogP contribution in [0.4, 0.5) is 0 Å². The highest BCUT2D eigenvalue weighted by Crippen LogP contribution is 2.06. The molecule has 2 heterocycles. The van der Waals surface area contributed by atoms with Crippen molar-refractivity contribution in [2.45, 2.75) is 19.4 Å². The summed E-state index contributed by atoms with van der Waals surface area (Å²) in [6.45, 7) is 1.07. The molecule has 96 valence electrons. The summed E-state index contributed by atoms with van der Waals surface area (Å²) in [5, 5.41) is 13.4. The number of thiazole rings is 1. The van der Waals surface area contributed by atoms with E-state index in [1.165, 1.54) is 21.8 Å². The topological polar surface area (TPSA) is 83.7 Å². The van der Waals surface area contributed by atoms with Crippen LogP contribution in [0.15, 0.2) is 22.4 Å². The molecule has 0 radical (unpaired) electrons. The lowest BCUT2D eigenvalue weighted by Crippen LogP contribution is -2.20. The van der Waals surface area contributed by atoms with E-state index in [4.69, 9.17) is 5.11 Å². The van der Waals surface area contributed by atoms with E-state index in [0.29, 0.717) is 30.2 Å². The van der Waals surface area contributed by atoms with Crippen LogP contribution in [0.1, 0.15) is 18.5 Å². The third kappa shape index (κ3) is 3.14. The third-order valence-electron chi connectivity index (χ3n) is 2.41. The molecule has 0 unspecified atom stereocenters. The van der Waals surface area contributed by atoms with Gasteiger partial charge in [-0.1, -0.05) is 0 Å². The molecule has 0 spiro atoms. The lowest BCUT2D eigenvalue weighted by molar-refractivity contribution is -0.137. The predicted molar refractivity (Wildman–Crippen MR) is 67.9 cm³/mol. The molecule has 0 amide bonds. The van der Waals surface area contributed by atoms with Crippen molar-refractivity contribution in [1.29, 1.82) is 0 Å². The molecule has 2 rings (SSSR count). The number of fused-ring (bicyclic) bond motifs is 1. The number of rotatable bonds is 6. The minimum Gasteiger partial charge on any atom is -0.481 e. The first-order valence-electron chi connectivity index (χ1n) is 5.55. The second-order valence-corrected chi connectivity index (χ2v) is 4.69. The minimum absolute atomic E-state index is 0.0939. The molecule has 0 aromatic carbocycles. The van der Waals surface area contributed by atoms with Crippen molar-refractivity contribution in [3.63, 3.8) is 0 Å². The maximum Gasteiger partial charge on any atom is 0.303 e. The highest BCUT2D eigenvalue weighted by atomic mass is 32.1. The first-order valence-corrected chi connectivity index (χ1v) is 6.43. The molecule has 6 nitrogen and oxygen atoms in total. The molecule has 0 atom stereocenters. The molecular formula is C11H13N3O3S. The van der Waals surface area contributed by atoms with Crippen LogP contribution in [0.5, 0.6) is 0 Å². The Balaban J connectivity index is 1.91. The maximum atomic E-state index is 11.7. The van der Waals surface area contributed by atoms with Gasteiger partial charge in [0, 0.05) is 30.6 Å². The number of nitrogens with one attached hydrogen (secondary N) is 1. The number of carboxylic acids is 1. The van der Waals surface area contributed by atoms with Gasteiger partial charge >= 0.3 is 5.97 Å². The van der Waals surface area contributed by atoms with Gasteiger partial charge in [-0.15, -0.1) is 11.3 Å². The van der Waals surface area contributed by atoms with E-state index in [1.807, 2.05) is 5.38 Å². The molecule has 0 fully saturated rings. The summed E-state index contributed by atoms with van der Waals surface area (Å²) < 4.78 is 1.50. The smallest absolute Gasteiger partial charge is 0.303 e. The number of hydrogen-bond acceptors (Lipinski definition) is 5. The predicted octanol–water partition coefficient (Wildman–Crippen LogP) is 0.710. The van der Waals surface area contributed by atoms with Gasteiger partial charge in [0.05, 0.1) is 5.69 Å². The molecule has 0 saturated carbocycles. The molecule has 0 aliphatic heterocycles. The van der Waals surface area contributed by atoms with Gasteiger partial charge in [-0.25, -0.2) is 4.98 Å². The lowest BCUT2D eigenvalue weighted by atomic mass is 10.3. The van der Waals surface area contributed by atoms with Gasteiger partial charge in [0.25, 0.3) is 5.56 Å². The van der Waals surface area contributed by atoms with Crippen molar-refractivity contribution in [3.05, 3.63) is 33.7 Å². The Kier molecular flexibility index (Phi) is 4.06. The third-order valence-corrected chi connectivity index (χ3v) is 3.16. The molecule has 2 N–H and O–H groups in total. The van der Waals surface area contributed by atoms with E-state index in [0.717, 1.165) is 0 Å². The summed E-state index contributed by atoms with van der Waals surface area (Å²) in [6.07, 6.45) is 2.40. The van der Waals surface area contributed by atoms with E-state index < -0.39 is 5.97 Å². The number of aliphatic carboxylic acids is 1. The first kappa shape index (κ1) is 12.7. The maximum absolute atomic E-state index is 11.7. The van der Waals surface area contributed by atoms with Crippen LogP contribution in [-0.2, 0) is 11.3 Å². The number of carboxylic acid groups (broad SMARTS) is 1. The van der Waals surface area contributed by atoms with Crippen LogP contribution in [0.3, 0.4) is 0 Å². The molecule has 7 heteroatoms. The molecule has 18 heavy (non-hydrogen) atoms. The van der Waals surface area contributed by atoms with Crippen LogP contribution in [0.25, 0.3) is 4.96 Å². The Morgan fingerprint density at radius 2 is 2.39 bits per heavy atom. The van der Waals surface area contributed by atoms with Crippen molar-refractivity contribution in [2.75, 3.05) is 6.54 Å². The average Bonchev–Trinajstić information content (AvgIpc) is 2.77. The molecule has 2 aromatic rings. The summed E-state index contributed by atoms with van der Waals surface area (Å²) in [7, 11) is 0. The van der Waals surface area contributed by atoms with Gasteiger partial charge in [0.15, 0.2) is 4.96 Å². The molecule has 0 aliphatic carbocycles. The van der Waals surface area contributed by atoms with Crippen LogP contribution in [0.2, 0.25) is 0 Å². The highest BCUT2D eigenvalue weighted by molar-refractivity contribution is 7.15. The number of carbonyl (C=O) groups is 1. The Bertz CT molecular complexity index is 605. The fourth-order valence-electron chi connectivity index (χ4n) is 1.56. The summed E-state index contributed by atoms with van der Waals surface area (Å²) >= 11 is 1.41. The van der Waals surface area contributed by atoms with Gasteiger partial charge in [-0.2, -0.15) is 0 Å². The molecule has 0 saturated heterocycles. The van der Waals surface area contributed by atoms with Crippen molar-refractivity contribution >= 4 is 22.3 Å². The second kappa shape index (κ2) is 5.74. The fourth-order valence-corrected chi connectivity index (χ4v) is 2.30.